The Hall–Kier alpha value is -3.04. The van der Waals surface area contributed by atoms with Gasteiger partial charge in [-0.05, 0) is 34.9 Å². The largest absolute Gasteiger partial charge is 0.370 e. The summed E-state index contributed by atoms with van der Waals surface area (Å²) in [6.45, 7) is 0.769. The molecular formula is C24H21ClN2O. The Labute approximate surface area is 169 Å². The second-order valence-electron chi connectivity index (χ2n) is 6.99. The molecule has 4 heteroatoms. The van der Waals surface area contributed by atoms with Crippen molar-refractivity contribution in [2.24, 2.45) is 5.73 Å². The molecule has 0 unspecified atom stereocenters. The summed E-state index contributed by atoms with van der Waals surface area (Å²) < 4.78 is 2.24. The van der Waals surface area contributed by atoms with E-state index < -0.39 is 0 Å². The molecular weight excluding hydrogens is 368 g/mol. The SMILES string of the molecule is NC(=O)C[C@@H](c1ccc(Cl)cc1)c1cn(Cc2ccccc2)c2ccccc12. The van der Waals surface area contributed by atoms with Gasteiger partial charge in [0.2, 0.25) is 5.91 Å². The van der Waals surface area contributed by atoms with Crippen LogP contribution in [0.4, 0.5) is 0 Å². The lowest BCUT2D eigenvalue weighted by Crippen LogP contribution is -2.16. The lowest BCUT2D eigenvalue weighted by atomic mass is 9.88. The normalized spacial score (nSPS) is 12.2. The Morgan fingerprint density at radius 3 is 2.32 bits per heavy atom. The van der Waals surface area contributed by atoms with Crippen LogP contribution in [0.1, 0.15) is 29.0 Å². The number of nitrogens with two attached hydrogens (primary N) is 1. The van der Waals surface area contributed by atoms with Crippen molar-refractivity contribution in [2.45, 2.75) is 18.9 Å². The number of halogens is 1. The first kappa shape index (κ1) is 18.3. The van der Waals surface area contributed by atoms with Crippen LogP contribution in [0.3, 0.4) is 0 Å². The number of amides is 1. The molecule has 0 spiro atoms. The van der Waals surface area contributed by atoms with Gasteiger partial charge in [-0.1, -0.05) is 72.3 Å². The van der Waals surface area contributed by atoms with E-state index in [1.165, 1.54) is 5.56 Å². The Morgan fingerprint density at radius 2 is 1.61 bits per heavy atom. The fraction of sp³-hybridized carbons (Fsp3) is 0.125. The molecule has 28 heavy (non-hydrogen) atoms. The monoisotopic (exact) mass is 388 g/mol. The van der Waals surface area contributed by atoms with E-state index in [1.54, 1.807) is 0 Å². The minimum atomic E-state index is -0.320. The van der Waals surface area contributed by atoms with Gasteiger partial charge in [0.1, 0.15) is 0 Å². The number of aromatic nitrogens is 1. The van der Waals surface area contributed by atoms with E-state index in [0.717, 1.165) is 28.6 Å². The van der Waals surface area contributed by atoms with Gasteiger partial charge in [-0.15, -0.1) is 0 Å². The van der Waals surface area contributed by atoms with Gasteiger partial charge < -0.3 is 10.3 Å². The van der Waals surface area contributed by atoms with Crippen LogP contribution >= 0.6 is 11.6 Å². The van der Waals surface area contributed by atoms with Gasteiger partial charge in [-0.2, -0.15) is 0 Å². The predicted octanol–water partition coefficient (Wildman–Crippen LogP) is 5.35. The molecule has 1 amide bonds. The number of benzene rings is 3. The first-order valence-electron chi connectivity index (χ1n) is 9.27. The number of rotatable bonds is 6. The van der Waals surface area contributed by atoms with Crippen LogP contribution in [0.2, 0.25) is 5.02 Å². The van der Waals surface area contributed by atoms with Crippen LogP contribution in [-0.4, -0.2) is 10.5 Å². The van der Waals surface area contributed by atoms with Crippen molar-refractivity contribution in [3.63, 3.8) is 0 Å². The van der Waals surface area contributed by atoms with Gasteiger partial charge >= 0.3 is 0 Å². The van der Waals surface area contributed by atoms with Crippen LogP contribution < -0.4 is 5.73 Å². The van der Waals surface area contributed by atoms with Crippen LogP contribution in [0.15, 0.2) is 85.1 Å². The summed E-state index contributed by atoms with van der Waals surface area (Å²) in [5.74, 6) is -0.434. The van der Waals surface area contributed by atoms with Crippen molar-refractivity contribution in [3.8, 4) is 0 Å². The van der Waals surface area contributed by atoms with E-state index in [9.17, 15) is 4.79 Å². The van der Waals surface area contributed by atoms with E-state index in [-0.39, 0.29) is 18.2 Å². The third-order valence-electron chi connectivity index (χ3n) is 5.07. The molecule has 0 saturated heterocycles. The number of hydrogen-bond acceptors (Lipinski definition) is 1. The number of carbonyl (C=O) groups excluding carboxylic acids is 1. The molecule has 0 aliphatic rings. The third kappa shape index (κ3) is 3.80. The van der Waals surface area contributed by atoms with Gasteiger partial charge in [0, 0.05) is 41.0 Å². The molecule has 0 radical (unpaired) electrons. The number of primary amides is 1. The number of carbonyl (C=O) groups is 1. The molecule has 1 atom stereocenters. The zero-order valence-corrected chi connectivity index (χ0v) is 16.1. The smallest absolute Gasteiger partial charge is 0.218 e. The highest BCUT2D eigenvalue weighted by Gasteiger charge is 2.22. The van der Waals surface area contributed by atoms with Gasteiger partial charge in [-0.3, -0.25) is 4.79 Å². The first-order chi connectivity index (χ1) is 13.6. The van der Waals surface area contributed by atoms with Crippen LogP contribution in [0, 0.1) is 0 Å². The van der Waals surface area contributed by atoms with Crippen LogP contribution in [0.5, 0.6) is 0 Å². The van der Waals surface area contributed by atoms with Crippen LogP contribution in [-0.2, 0) is 11.3 Å². The molecule has 3 nitrogen and oxygen atoms in total. The fourth-order valence-electron chi connectivity index (χ4n) is 3.77. The van der Waals surface area contributed by atoms with Crippen molar-refractivity contribution < 1.29 is 4.79 Å². The Balaban J connectivity index is 1.83. The topological polar surface area (TPSA) is 48.0 Å². The molecule has 4 aromatic rings. The maximum atomic E-state index is 11.8. The van der Waals surface area contributed by atoms with Gasteiger partial charge in [-0.25, -0.2) is 0 Å². The highest BCUT2D eigenvalue weighted by molar-refractivity contribution is 6.30. The lowest BCUT2D eigenvalue weighted by molar-refractivity contribution is -0.118. The summed E-state index contributed by atoms with van der Waals surface area (Å²) in [5.41, 5.74) is 10.1. The second-order valence-corrected chi connectivity index (χ2v) is 7.43. The standard InChI is InChI=1S/C24H21ClN2O/c25-19-12-10-18(11-13-19)21(14-24(26)28)22-16-27(15-17-6-2-1-3-7-17)23-9-5-4-8-20(22)23/h1-13,16,21H,14-15H2,(H2,26,28)/t21-/m0/s1. The third-order valence-corrected chi connectivity index (χ3v) is 5.32. The highest BCUT2D eigenvalue weighted by atomic mass is 35.5. The average Bonchev–Trinajstić information content (AvgIpc) is 3.06. The molecule has 1 aromatic heterocycles. The van der Waals surface area contributed by atoms with E-state index in [4.69, 9.17) is 17.3 Å². The lowest BCUT2D eigenvalue weighted by Gasteiger charge is -2.16. The molecule has 2 N–H and O–H groups in total. The van der Waals surface area contributed by atoms with Crippen molar-refractivity contribution in [2.75, 3.05) is 0 Å². The van der Waals surface area contributed by atoms with Crippen molar-refractivity contribution >= 4 is 28.4 Å². The highest BCUT2D eigenvalue weighted by Crippen LogP contribution is 2.35. The Kier molecular flexibility index (Phi) is 5.18. The molecule has 0 aliphatic carbocycles. The molecule has 0 fully saturated rings. The first-order valence-corrected chi connectivity index (χ1v) is 9.65. The molecule has 1 heterocycles. The van der Waals surface area contributed by atoms with Gasteiger partial charge in [0.15, 0.2) is 0 Å². The number of fused-ring (bicyclic) bond motifs is 1. The summed E-state index contributed by atoms with van der Waals surface area (Å²) in [4.78, 5) is 11.8. The minimum absolute atomic E-state index is 0.114. The van der Waals surface area contributed by atoms with Crippen molar-refractivity contribution in [1.82, 2.24) is 4.57 Å². The quantitative estimate of drug-likeness (QED) is 0.475. The fourth-order valence-corrected chi connectivity index (χ4v) is 3.89. The van der Waals surface area contributed by atoms with Crippen molar-refractivity contribution in [3.05, 3.63) is 107 Å². The average molecular weight is 389 g/mol. The number of nitrogens with zero attached hydrogens (tertiary/aromatic N) is 1. The summed E-state index contributed by atoms with van der Waals surface area (Å²) >= 11 is 6.06. The van der Waals surface area contributed by atoms with E-state index in [1.807, 2.05) is 54.6 Å². The van der Waals surface area contributed by atoms with Crippen LogP contribution in [0.25, 0.3) is 10.9 Å². The van der Waals surface area contributed by atoms with E-state index in [2.05, 4.69) is 35.0 Å². The zero-order chi connectivity index (χ0) is 19.5. The number of hydrogen-bond donors (Lipinski definition) is 1. The predicted molar refractivity (Wildman–Crippen MR) is 115 cm³/mol. The van der Waals surface area contributed by atoms with Crippen molar-refractivity contribution in [1.29, 1.82) is 0 Å². The molecule has 4 rings (SSSR count). The molecule has 3 aromatic carbocycles. The summed E-state index contributed by atoms with van der Waals surface area (Å²) in [5, 5.41) is 1.81. The van der Waals surface area contributed by atoms with Gasteiger partial charge in [0.25, 0.3) is 0 Å². The van der Waals surface area contributed by atoms with Gasteiger partial charge in [0.05, 0.1) is 0 Å². The van der Waals surface area contributed by atoms with E-state index in [0.29, 0.717) is 5.02 Å². The summed E-state index contributed by atoms with van der Waals surface area (Å²) in [7, 11) is 0. The minimum Gasteiger partial charge on any atom is -0.370 e. The Bertz CT molecular complexity index is 1100. The maximum absolute atomic E-state index is 11.8. The Morgan fingerprint density at radius 1 is 0.929 bits per heavy atom. The molecule has 0 aliphatic heterocycles. The molecule has 0 bridgehead atoms. The molecule has 0 saturated carbocycles. The summed E-state index contributed by atoms with van der Waals surface area (Å²) in [6, 6.07) is 26.3. The number of para-hydroxylation sites is 1. The van der Waals surface area contributed by atoms with E-state index >= 15 is 0 Å². The second kappa shape index (κ2) is 7.91. The zero-order valence-electron chi connectivity index (χ0n) is 15.4. The maximum Gasteiger partial charge on any atom is 0.218 e. The molecule has 140 valence electrons. The summed E-state index contributed by atoms with van der Waals surface area (Å²) in [6.07, 6.45) is 2.40.